The van der Waals surface area contributed by atoms with Gasteiger partial charge in [0, 0.05) is 11.4 Å². The van der Waals surface area contributed by atoms with Crippen LogP contribution in [0.1, 0.15) is 11.1 Å². The van der Waals surface area contributed by atoms with Crippen LogP contribution in [0.5, 0.6) is 0 Å². The molecule has 0 spiro atoms. The summed E-state index contributed by atoms with van der Waals surface area (Å²) in [5, 5.41) is 8.71. The molecule has 0 aliphatic rings. The second-order valence-corrected chi connectivity index (χ2v) is 7.37. The van der Waals surface area contributed by atoms with Crippen molar-refractivity contribution in [2.45, 2.75) is 23.5 Å². The molecule has 2 aromatic rings. The topological polar surface area (TPSA) is 57.9 Å². The van der Waals surface area contributed by atoms with Gasteiger partial charge in [0.05, 0.1) is 11.0 Å². The predicted molar refractivity (Wildman–Crippen MR) is 82.9 cm³/mol. The van der Waals surface area contributed by atoms with Crippen LogP contribution in [0.4, 0.5) is 0 Å². The number of hydrogen-bond acceptors (Lipinski definition) is 3. The second kappa shape index (κ2) is 6.30. The summed E-state index contributed by atoms with van der Waals surface area (Å²) in [6, 6.07) is 15.3. The lowest BCUT2D eigenvalue weighted by atomic mass is 10.1. The Hall–Kier alpha value is -1.83. The molecule has 0 saturated carbocycles. The van der Waals surface area contributed by atoms with E-state index >= 15 is 0 Å². The highest BCUT2D eigenvalue weighted by Gasteiger charge is 2.27. The number of nitrogens with zero attached hydrogens (tertiary/aromatic N) is 1. The van der Waals surface area contributed by atoms with Gasteiger partial charge in [-0.05, 0) is 36.8 Å². The first-order valence-corrected chi connectivity index (χ1v) is 8.30. The SMILES string of the molecule is Cc1ccc(S(=O)(=O)C(C#N)Cc2ccc(Cl)cc2)cc1. The van der Waals surface area contributed by atoms with Crippen molar-refractivity contribution in [2.75, 3.05) is 0 Å². The minimum Gasteiger partial charge on any atom is -0.222 e. The third-order valence-electron chi connectivity index (χ3n) is 3.20. The summed E-state index contributed by atoms with van der Waals surface area (Å²) in [4.78, 5) is 0.175. The molecule has 0 radical (unpaired) electrons. The number of sulfone groups is 1. The Morgan fingerprint density at radius 1 is 1.10 bits per heavy atom. The van der Waals surface area contributed by atoms with E-state index in [1.165, 1.54) is 12.1 Å². The first-order valence-electron chi connectivity index (χ1n) is 6.38. The molecule has 0 heterocycles. The number of halogens is 1. The monoisotopic (exact) mass is 319 g/mol. The van der Waals surface area contributed by atoms with E-state index in [9.17, 15) is 13.7 Å². The fraction of sp³-hybridized carbons (Fsp3) is 0.188. The highest BCUT2D eigenvalue weighted by molar-refractivity contribution is 7.92. The Balaban J connectivity index is 2.30. The van der Waals surface area contributed by atoms with Gasteiger partial charge in [0.2, 0.25) is 0 Å². The van der Waals surface area contributed by atoms with E-state index in [2.05, 4.69) is 0 Å². The van der Waals surface area contributed by atoms with E-state index in [1.807, 2.05) is 13.0 Å². The Bertz CT molecular complexity index is 759. The zero-order valence-corrected chi connectivity index (χ0v) is 13.0. The first kappa shape index (κ1) is 15.6. The van der Waals surface area contributed by atoms with Gasteiger partial charge in [-0.3, -0.25) is 0 Å². The molecule has 0 saturated heterocycles. The van der Waals surface area contributed by atoms with E-state index in [-0.39, 0.29) is 11.3 Å². The molecule has 2 aromatic carbocycles. The smallest absolute Gasteiger partial charge is 0.194 e. The quantitative estimate of drug-likeness (QED) is 0.865. The van der Waals surface area contributed by atoms with E-state index in [0.29, 0.717) is 5.02 Å². The van der Waals surface area contributed by atoms with Gasteiger partial charge in [-0.1, -0.05) is 41.4 Å². The van der Waals surface area contributed by atoms with Gasteiger partial charge >= 0.3 is 0 Å². The number of hydrogen-bond donors (Lipinski definition) is 0. The van der Waals surface area contributed by atoms with Gasteiger partial charge in [-0.15, -0.1) is 0 Å². The molecular formula is C16H14ClNO2S. The first-order chi connectivity index (χ1) is 9.93. The van der Waals surface area contributed by atoms with Crippen molar-refractivity contribution in [3.05, 3.63) is 64.7 Å². The van der Waals surface area contributed by atoms with Crippen LogP contribution in [-0.2, 0) is 16.3 Å². The van der Waals surface area contributed by atoms with Crippen LogP contribution in [-0.4, -0.2) is 13.7 Å². The molecule has 108 valence electrons. The molecule has 0 N–H and O–H groups in total. The van der Waals surface area contributed by atoms with Crippen molar-refractivity contribution >= 4 is 21.4 Å². The lowest BCUT2D eigenvalue weighted by molar-refractivity contribution is 0.588. The highest BCUT2D eigenvalue weighted by Crippen LogP contribution is 2.20. The Morgan fingerprint density at radius 2 is 1.67 bits per heavy atom. The lowest BCUT2D eigenvalue weighted by Gasteiger charge is -2.11. The standard InChI is InChI=1S/C16H14ClNO2S/c1-12-2-8-15(9-3-12)21(19,20)16(11-18)10-13-4-6-14(17)7-5-13/h2-9,16H,10H2,1H3. The van der Waals surface area contributed by atoms with E-state index < -0.39 is 15.1 Å². The van der Waals surface area contributed by atoms with E-state index in [0.717, 1.165) is 11.1 Å². The average Bonchev–Trinajstić information content (AvgIpc) is 2.47. The van der Waals surface area contributed by atoms with Crippen LogP contribution in [0.15, 0.2) is 53.4 Å². The third-order valence-corrected chi connectivity index (χ3v) is 5.40. The molecule has 0 aliphatic heterocycles. The van der Waals surface area contributed by atoms with Gasteiger partial charge in [0.1, 0.15) is 0 Å². The summed E-state index contributed by atoms with van der Waals surface area (Å²) >= 11 is 5.80. The molecule has 0 amide bonds. The van der Waals surface area contributed by atoms with Crippen LogP contribution in [0.25, 0.3) is 0 Å². The maximum atomic E-state index is 12.5. The second-order valence-electron chi connectivity index (χ2n) is 4.81. The minimum atomic E-state index is -3.67. The third kappa shape index (κ3) is 3.63. The molecule has 3 nitrogen and oxygen atoms in total. The van der Waals surface area contributed by atoms with Crippen molar-refractivity contribution in [3.8, 4) is 6.07 Å². The summed E-state index contributed by atoms with van der Waals surface area (Å²) in [5.41, 5.74) is 1.74. The van der Waals surface area contributed by atoms with E-state index in [4.69, 9.17) is 11.6 Å². The van der Waals surface area contributed by atoms with Gasteiger partial charge in [-0.25, -0.2) is 8.42 Å². The summed E-state index contributed by atoms with van der Waals surface area (Å²) in [5.74, 6) is 0. The van der Waals surface area contributed by atoms with E-state index in [1.54, 1.807) is 36.4 Å². The van der Waals surface area contributed by atoms with Crippen molar-refractivity contribution < 1.29 is 8.42 Å². The van der Waals surface area contributed by atoms with Gasteiger partial charge in [-0.2, -0.15) is 5.26 Å². The molecular weight excluding hydrogens is 306 g/mol. The molecule has 21 heavy (non-hydrogen) atoms. The fourth-order valence-corrected chi connectivity index (χ4v) is 3.47. The maximum absolute atomic E-state index is 12.5. The van der Waals surface area contributed by atoms with Crippen LogP contribution in [0.3, 0.4) is 0 Å². The summed E-state index contributed by atoms with van der Waals surface area (Å²) < 4.78 is 25.0. The average molecular weight is 320 g/mol. The normalized spacial score (nSPS) is 12.6. The highest BCUT2D eigenvalue weighted by atomic mass is 35.5. The van der Waals surface area contributed by atoms with Crippen LogP contribution < -0.4 is 0 Å². The van der Waals surface area contributed by atoms with Gasteiger partial charge in [0.25, 0.3) is 0 Å². The molecule has 1 atom stereocenters. The van der Waals surface area contributed by atoms with Crippen LogP contribution >= 0.6 is 11.6 Å². The van der Waals surface area contributed by atoms with Crippen molar-refractivity contribution in [2.24, 2.45) is 0 Å². The zero-order valence-electron chi connectivity index (χ0n) is 11.5. The number of aryl methyl sites for hydroxylation is 1. The molecule has 2 rings (SSSR count). The lowest BCUT2D eigenvalue weighted by Crippen LogP contribution is -2.22. The van der Waals surface area contributed by atoms with Crippen molar-refractivity contribution in [1.29, 1.82) is 5.26 Å². The summed E-state index contributed by atoms with van der Waals surface area (Å²) in [7, 11) is -3.67. The summed E-state index contributed by atoms with van der Waals surface area (Å²) in [6.07, 6.45) is 0.143. The van der Waals surface area contributed by atoms with Crippen molar-refractivity contribution in [1.82, 2.24) is 0 Å². The molecule has 0 bridgehead atoms. The Morgan fingerprint density at radius 3 is 2.19 bits per heavy atom. The number of nitriles is 1. The van der Waals surface area contributed by atoms with Crippen LogP contribution in [0.2, 0.25) is 5.02 Å². The molecule has 5 heteroatoms. The summed E-state index contributed by atoms with van der Waals surface area (Å²) in [6.45, 7) is 1.88. The van der Waals surface area contributed by atoms with Gasteiger partial charge < -0.3 is 0 Å². The number of rotatable bonds is 4. The maximum Gasteiger partial charge on any atom is 0.194 e. The number of benzene rings is 2. The van der Waals surface area contributed by atoms with Crippen molar-refractivity contribution in [3.63, 3.8) is 0 Å². The molecule has 1 unspecified atom stereocenters. The Labute approximate surface area is 129 Å². The minimum absolute atomic E-state index is 0.143. The van der Waals surface area contributed by atoms with Gasteiger partial charge in [0.15, 0.2) is 15.1 Å². The predicted octanol–water partition coefficient (Wildman–Crippen LogP) is 3.56. The Kier molecular flexibility index (Phi) is 4.66. The zero-order chi connectivity index (χ0) is 15.5. The molecule has 0 aliphatic carbocycles. The largest absolute Gasteiger partial charge is 0.222 e. The fourth-order valence-electron chi connectivity index (χ4n) is 1.95. The molecule has 0 aromatic heterocycles. The molecule has 0 fully saturated rings. The van der Waals surface area contributed by atoms with Crippen LogP contribution in [0, 0.1) is 18.3 Å².